The van der Waals surface area contributed by atoms with Gasteiger partial charge >= 0.3 is 0 Å². The van der Waals surface area contributed by atoms with E-state index in [1.54, 1.807) is 0 Å². The van der Waals surface area contributed by atoms with Crippen molar-refractivity contribution in [3.05, 3.63) is 17.0 Å². The summed E-state index contributed by atoms with van der Waals surface area (Å²) in [5, 5.41) is 7.47. The number of nitrogens with one attached hydrogen (secondary N) is 1. The van der Waals surface area contributed by atoms with E-state index in [4.69, 9.17) is 5.73 Å². The van der Waals surface area contributed by atoms with Crippen LogP contribution in [0.1, 0.15) is 17.0 Å². The molecule has 2 rings (SSSR count). The van der Waals surface area contributed by atoms with E-state index in [9.17, 15) is 0 Å². The van der Waals surface area contributed by atoms with Crippen molar-refractivity contribution in [2.45, 2.75) is 19.3 Å². The van der Waals surface area contributed by atoms with Gasteiger partial charge in [0.15, 0.2) is 0 Å². The molecule has 1 aromatic heterocycles. The molecule has 3 N–H and O–H groups in total. The predicted octanol–water partition coefficient (Wildman–Crippen LogP) is -0.0587. The second-order valence-corrected chi connectivity index (χ2v) is 3.97. The molecule has 0 saturated carbocycles. The molecule has 0 aliphatic carbocycles. The number of rotatable bonds is 2. The van der Waals surface area contributed by atoms with Gasteiger partial charge in [-0.25, -0.2) is 0 Å². The minimum absolute atomic E-state index is 0.688. The molecule has 0 fully saturated rings. The Kier molecular flexibility index (Phi) is 2.84. The number of H-pyrrole nitrogens is 1. The van der Waals surface area contributed by atoms with Crippen LogP contribution in [0.15, 0.2) is 0 Å². The summed E-state index contributed by atoms with van der Waals surface area (Å²) in [6.45, 7) is 2.94. The second-order valence-electron chi connectivity index (χ2n) is 3.97. The first kappa shape index (κ1) is 9.68. The number of likely N-dealkylation sites (N-methyl/N-ethyl adjacent to an activating group) is 1. The summed E-state index contributed by atoms with van der Waals surface area (Å²) in [5.74, 6) is 0. The molecule has 0 amide bonds. The molecule has 1 aromatic rings. The molecule has 4 heteroatoms. The number of nitrogens with two attached hydrogens (primary N) is 1. The number of hydrogen-bond acceptors (Lipinski definition) is 3. The number of hydrogen-bond donors (Lipinski definition) is 2. The largest absolute Gasteiger partial charge is 0.330 e. The Morgan fingerprint density at radius 2 is 2.21 bits per heavy atom. The van der Waals surface area contributed by atoms with Crippen molar-refractivity contribution in [1.82, 2.24) is 15.1 Å². The van der Waals surface area contributed by atoms with E-state index >= 15 is 0 Å². The molecule has 0 spiro atoms. The van der Waals surface area contributed by atoms with Crippen molar-refractivity contribution in [3.63, 3.8) is 0 Å². The zero-order valence-corrected chi connectivity index (χ0v) is 8.71. The van der Waals surface area contributed by atoms with E-state index in [1.165, 1.54) is 17.0 Å². The van der Waals surface area contributed by atoms with Gasteiger partial charge in [-0.2, -0.15) is 5.10 Å². The van der Waals surface area contributed by atoms with Gasteiger partial charge in [-0.3, -0.25) is 5.10 Å². The van der Waals surface area contributed by atoms with Crippen molar-refractivity contribution < 1.29 is 0 Å². The Labute approximate surface area is 84.5 Å². The molecule has 0 saturated heterocycles. The summed E-state index contributed by atoms with van der Waals surface area (Å²) in [5.41, 5.74) is 9.47. The van der Waals surface area contributed by atoms with Crippen molar-refractivity contribution >= 4 is 0 Å². The first-order valence-electron chi connectivity index (χ1n) is 5.25. The van der Waals surface area contributed by atoms with Crippen molar-refractivity contribution in [1.29, 1.82) is 0 Å². The van der Waals surface area contributed by atoms with Crippen LogP contribution in [0.4, 0.5) is 0 Å². The minimum atomic E-state index is 0.688. The van der Waals surface area contributed by atoms with Crippen LogP contribution in [0.2, 0.25) is 0 Å². The van der Waals surface area contributed by atoms with E-state index < -0.39 is 0 Å². The van der Waals surface area contributed by atoms with Crippen molar-refractivity contribution in [3.8, 4) is 0 Å². The van der Waals surface area contributed by atoms with Gasteiger partial charge < -0.3 is 10.6 Å². The lowest BCUT2D eigenvalue weighted by molar-refractivity contribution is 0.351. The first-order chi connectivity index (χ1) is 6.81. The SMILES string of the molecule is CN1CCc2[nH]nc(CCN)c2CC1. The van der Waals surface area contributed by atoms with Gasteiger partial charge in [-0.15, -0.1) is 0 Å². The standard InChI is InChI=1S/C10H18N4/c1-14-6-3-8-9(2-5-11)12-13-10(8)4-7-14/h2-7,11H2,1H3,(H,12,13). The molecule has 4 nitrogen and oxygen atoms in total. The Bertz CT molecular complexity index is 305. The second kappa shape index (κ2) is 4.11. The van der Waals surface area contributed by atoms with Gasteiger partial charge in [0.25, 0.3) is 0 Å². The van der Waals surface area contributed by atoms with Crippen LogP contribution in [-0.4, -0.2) is 41.8 Å². The maximum absolute atomic E-state index is 5.55. The molecule has 1 aliphatic rings. The van der Waals surface area contributed by atoms with Gasteiger partial charge in [0.1, 0.15) is 0 Å². The lowest BCUT2D eigenvalue weighted by Crippen LogP contribution is -2.21. The number of nitrogens with zero attached hydrogens (tertiary/aromatic N) is 2. The fourth-order valence-electron chi connectivity index (χ4n) is 2.01. The molecule has 0 bridgehead atoms. The fourth-order valence-corrected chi connectivity index (χ4v) is 2.01. The van der Waals surface area contributed by atoms with E-state index in [1.807, 2.05) is 0 Å². The number of aromatic amines is 1. The number of aromatic nitrogens is 2. The highest BCUT2D eigenvalue weighted by Gasteiger charge is 2.16. The zero-order chi connectivity index (χ0) is 9.97. The van der Waals surface area contributed by atoms with Crippen LogP contribution in [0, 0.1) is 0 Å². The molecular formula is C10H18N4. The van der Waals surface area contributed by atoms with Gasteiger partial charge in [0.05, 0.1) is 5.69 Å². The van der Waals surface area contributed by atoms with E-state index in [0.717, 1.165) is 32.4 Å². The van der Waals surface area contributed by atoms with Gasteiger partial charge in [0, 0.05) is 31.6 Å². The maximum Gasteiger partial charge on any atom is 0.0670 e. The normalized spacial score (nSPS) is 17.9. The first-order valence-corrected chi connectivity index (χ1v) is 5.25. The quantitative estimate of drug-likeness (QED) is 0.693. The van der Waals surface area contributed by atoms with E-state index in [2.05, 4.69) is 22.1 Å². The maximum atomic E-state index is 5.55. The molecule has 0 aromatic carbocycles. The Hall–Kier alpha value is -0.870. The molecule has 0 atom stereocenters. The van der Waals surface area contributed by atoms with Crippen molar-refractivity contribution in [2.75, 3.05) is 26.7 Å². The van der Waals surface area contributed by atoms with E-state index in [0.29, 0.717) is 6.54 Å². The monoisotopic (exact) mass is 194 g/mol. The fraction of sp³-hybridized carbons (Fsp3) is 0.700. The van der Waals surface area contributed by atoms with Gasteiger partial charge in [-0.05, 0) is 25.6 Å². The minimum Gasteiger partial charge on any atom is -0.330 e. The Balaban J connectivity index is 2.20. The zero-order valence-electron chi connectivity index (χ0n) is 8.71. The highest BCUT2D eigenvalue weighted by molar-refractivity contribution is 5.27. The van der Waals surface area contributed by atoms with Crippen LogP contribution in [0.3, 0.4) is 0 Å². The average molecular weight is 194 g/mol. The lowest BCUT2D eigenvalue weighted by Gasteiger charge is -2.11. The van der Waals surface area contributed by atoms with Crippen LogP contribution in [0.25, 0.3) is 0 Å². The topological polar surface area (TPSA) is 57.9 Å². The molecule has 0 radical (unpaired) electrons. The lowest BCUT2D eigenvalue weighted by atomic mass is 10.1. The summed E-state index contributed by atoms with van der Waals surface area (Å²) in [7, 11) is 2.17. The third-order valence-corrected chi connectivity index (χ3v) is 2.91. The van der Waals surface area contributed by atoms with Crippen LogP contribution < -0.4 is 5.73 Å². The molecule has 14 heavy (non-hydrogen) atoms. The third-order valence-electron chi connectivity index (χ3n) is 2.91. The smallest absolute Gasteiger partial charge is 0.0670 e. The van der Waals surface area contributed by atoms with Crippen LogP contribution in [0.5, 0.6) is 0 Å². The van der Waals surface area contributed by atoms with Gasteiger partial charge in [-0.1, -0.05) is 0 Å². The summed E-state index contributed by atoms with van der Waals surface area (Å²) in [6, 6.07) is 0. The van der Waals surface area contributed by atoms with E-state index in [-0.39, 0.29) is 0 Å². The summed E-state index contributed by atoms with van der Waals surface area (Å²) in [6.07, 6.45) is 3.09. The highest BCUT2D eigenvalue weighted by Crippen LogP contribution is 2.16. The summed E-state index contributed by atoms with van der Waals surface area (Å²) in [4.78, 5) is 2.36. The number of fused-ring (bicyclic) bond motifs is 1. The molecule has 78 valence electrons. The predicted molar refractivity (Wildman–Crippen MR) is 56.3 cm³/mol. The molecule has 1 aliphatic heterocycles. The van der Waals surface area contributed by atoms with Crippen LogP contribution >= 0.6 is 0 Å². The molecule has 2 heterocycles. The summed E-state index contributed by atoms with van der Waals surface area (Å²) >= 11 is 0. The molecule has 0 unspecified atom stereocenters. The average Bonchev–Trinajstić information content (AvgIpc) is 2.45. The highest BCUT2D eigenvalue weighted by atomic mass is 15.1. The molecular weight excluding hydrogens is 176 g/mol. The third kappa shape index (κ3) is 1.81. The Morgan fingerprint density at radius 1 is 1.43 bits per heavy atom. The van der Waals surface area contributed by atoms with Crippen LogP contribution in [-0.2, 0) is 19.3 Å². The van der Waals surface area contributed by atoms with Crippen molar-refractivity contribution in [2.24, 2.45) is 5.73 Å². The Morgan fingerprint density at radius 3 is 3.00 bits per heavy atom. The summed E-state index contributed by atoms with van der Waals surface area (Å²) < 4.78 is 0. The van der Waals surface area contributed by atoms with Gasteiger partial charge in [0.2, 0.25) is 0 Å².